The van der Waals surface area contributed by atoms with E-state index >= 15 is 0 Å². The van der Waals surface area contributed by atoms with Gasteiger partial charge in [-0.3, -0.25) is 14.4 Å². The molecule has 1 amide bonds. The van der Waals surface area contributed by atoms with Gasteiger partial charge in [-0.05, 0) is 29.7 Å². The summed E-state index contributed by atoms with van der Waals surface area (Å²) in [5.41, 5.74) is 5.91. The summed E-state index contributed by atoms with van der Waals surface area (Å²) in [6.45, 7) is 0. The number of benzene rings is 1. The van der Waals surface area contributed by atoms with E-state index in [1.165, 1.54) is 18.2 Å². The molecule has 0 aliphatic rings. The molecular weight excluding hydrogens is 273 g/mol. The second-order valence-corrected chi connectivity index (χ2v) is 4.31. The van der Waals surface area contributed by atoms with Crippen LogP contribution in [0.1, 0.15) is 5.56 Å². The second-order valence-electron chi connectivity index (χ2n) is 4.12. The number of aromatic nitrogens is 1. The third kappa shape index (κ3) is 2.91. The summed E-state index contributed by atoms with van der Waals surface area (Å²) in [4.78, 5) is 27.4. The van der Waals surface area contributed by atoms with Gasteiger partial charge in [0.2, 0.25) is 0 Å². The number of hydrogen-bond donors (Lipinski definition) is 3. The number of amides is 1. The smallest absolute Gasteiger partial charge is 0.251 e. The average Bonchev–Trinajstić information content (AvgIpc) is 2.38. The number of halogens is 2. The maximum atomic E-state index is 13.0. The SMILES string of the molecule is NC(Cc1cc2ccc(F)cc2[nH]c1=O)C(=O)NCl. The van der Waals surface area contributed by atoms with Gasteiger partial charge in [0.25, 0.3) is 11.5 Å². The fourth-order valence-electron chi connectivity index (χ4n) is 1.77. The molecule has 0 spiro atoms. The summed E-state index contributed by atoms with van der Waals surface area (Å²) in [5, 5.41) is 0.662. The Morgan fingerprint density at radius 1 is 1.47 bits per heavy atom. The molecule has 4 N–H and O–H groups in total. The highest BCUT2D eigenvalue weighted by atomic mass is 35.5. The minimum Gasteiger partial charge on any atom is -0.322 e. The lowest BCUT2D eigenvalue weighted by Crippen LogP contribution is -2.39. The Balaban J connectivity index is 2.39. The lowest BCUT2D eigenvalue weighted by molar-refractivity contribution is -0.120. The Hall–Kier alpha value is -1.92. The number of carbonyl (C=O) groups excluding carboxylic acids is 1. The summed E-state index contributed by atoms with van der Waals surface area (Å²) >= 11 is 5.16. The van der Waals surface area contributed by atoms with Crippen LogP contribution in [0.2, 0.25) is 0 Å². The predicted molar refractivity (Wildman–Crippen MR) is 70.2 cm³/mol. The van der Waals surface area contributed by atoms with Gasteiger partial charge < -0.3 is 10.7 Å². The molecule has 0 aliphatic heterocycles. The molecule has 7 heteroatoms. The van der Waals surface area contributed by atoms with Gasteiger partial charge >= 0.3 is 0 Å². The van der Waals surface area contributed by atoms with Gasteiger partial charge in [-0.25, -0.2) is 4.39 Å². The van der Waals surface area contributed by atoms with E-state index in [1.807, 2.05) is 4.84 Å². The van der Waals surface area contributed by atoms with Crippen LogP contribution < -0.4 is 16.1 Å². The molecule has 1 heterocycles. The monoisotopic (exact) mass is 283 g/mol. The number of aromatic amines is 1. The van der Waals surface area contributed by atoms with Crippen LogP contribution in [0.3, 0.4) is 0 Å². The van der Waals surface area contributed by atoms with E-state index < -0.39 is 23.3 Å². The first-order chi connectivity index (χ1) is 9.01. The van der Waals surface area contributed by atoms with Gasteiger partial charge in [0.05, 0.1) is 11.6 Å². The first-order valence-corrected chi connectivity index (χ1v) is 5.86. The number of pyridine rings is 1. The predicted octanol–water partition coefficient (Wildman–Crippen LogP) is 0.807. The van der Waals surface area contributed by atoms with Gasteiger partial charge in [0, 0.05) is 23.8 Å². The molecule has 0 aliphatic carbocycles. The molecule has 2 aromatic rings. The third-order valence-electron chi connectivity index (χ3n) is 2.75. The first kappa shape index (κ1) is 13.5. The summed E-state index contributed by atoms with van der Waals surface area (Å²) in [7, 11) is 0. The van der Waals surface area contributed by atoms with E-state index in [1.54, 1.807) is 6.07 Å². The number of nitrogens with two attached hydrogens (primary N) is 1. The molecule has 0 fully saturated rings. The number of fused-ring (bicyclic) bond motifs is 1. The lowest BCUT2D eigenvalue weighted by atomic mass is 10.1. The molecular formula is C12H11ClFN3O2. The molecule has 2 rings (SSSR count). The zero-order chi connectivity index (χ0) is 14.0. The maximum Gasteiger partial charge on any atom is 0.251 e. The number of rotatable bonds is 3. The summed E-state index contributed by atoms with van der Waals surface area (Å²) in [6, 6.07) is 4.71. The van der Waals surface area contributed by atoms with Gasteiger partial charge in [0.1, 0.15) is 5.82 Å². The van der Waals surface area contributed by atoms with E-state index in [0.717, 1.165) is 0 Å². The molecule has 0 bridgehead atoms. The van der Waals surface area contributed by atoms with Crippen LogP contribution in [-0.2, 0) is 11.2 Å². The van der Waals surface area contributed by atoms with Crippen molar-refractivity contribution in [2.24, 2.45) is 5.73 Å². The molecule has 100 valence electrons. The first-order valence-electron chi connectivity index (χ1n) is 5.49. The van der Waals surface area contributed by atoms with Crippen molar-refractivity contribution in [2.45, 2.75) is 12.5 Å². The zero-order valence-electron chi connectivity index (χ0n) is 9.74. The molecule has 5 nitrogen and oxygen atoms in total. The van der Waals surface area contributed by atoms with Gasteiger partial charge in [-0.15, -0.1) is 0 Å². The van der Waals surface area contributed by atoms with Crippen molar-refractivity contribution >= 4 is 28.6 Å². The molecule has 1 unspecified atom stereocenters. The molecule has 0 radical (unpaired) electrons. The van der Waals surface area contributed by atoms with Crippen LogP contribution in [0.4, 0.5) is 4.39 Å². The molecule has 0 saturated carbocycles. The minimum atomic E-state index is -0.920. The Kier molecular flexibility index (Phi) is 3.82. The quantitative estimate of drug-likeness (QED) is 0.728. The number of H-pyrrole nitrogens is 1. The van der Waals surface area contributed by atoms with E-state index in [2.05, 4.69) is 4.98 Å². The molecule has 1 aromatic heterocycles. The largest absolute Gasteiger partial charge is 0.322 e. The van der Waals surface area contributed by atoms with Crippen molar-refractivity contribution in [2.75, 3.05) is 0 Å². The van der Waals surface area contributed by atoms with Gasteiger partial charge in [0.15, 0.2) is 0 Å². The summed E-state index contributed by atoms with van der Waals surface area (Å²) in [6.07, 6.45) is 0.0429. The highest BCUT2D eigenvalue weighted by Gasteiger charge is 2.15. The van der Waals surface area contributed by atoms with Crippen LogP contribution in [0, 0.1) is 5.82 Å². The molecule has 1 atom stereocenters. The summed E-state index contributed by atoms with van der Waals surface area (Å²) in [5.74, 6) is -1.01. The molecule has 1 aromatic carbocycles. The van der Waals surface area contributed by atoms with Crippen LogP contribution in [0.15, 0.2) is 29.1 Å². The fourth-order valence-corrected chi connectivity index (χ4v) is 1.91. The van der Waals surface area contributed by atoms with E-state index in [9.17, 15) is 14.0 Å². The van der Waals surface area contributed by atoms with E-state index in [-0.39, 0.29) is 6.42 Å². The lowest BCUT2D eigenvalue weighted by Gasteiger charge is -2.09. The van der Waals surface area contributed by atoms with E-state index in [0.29, 0.717) is 16.5 Å². The Morgan fingerprint density at radius 2 is 2.21 bits per heavy atom. The normalized spacial score (nSPS) is 12.4. The van der Waals surface area contributed by atoms with E-state index in [4.69, 9.17) is 17.5 Å². The second kappa shape index (κ2) is 5.38. The third-order valence-corrected chi connectivity index (χ3v) is 2.94. The zero-order valence-corrected chi connectivity index (χ0v) is 10.5. The number of hydrogen-bond acceptors (Lipinski definition) is 3. The standard InChI is InChI=1S/C12H11ClFN3O2/c13-17-12(19)9(15)4-7-3-6-1-2-8(14)5-10(6)16-11(7)18/h1-3,5,9H,4,15H2,(H,16,18)(H,17,19). The maximum absolute atomic E-state index is 13.0. The van der Waals surface area contributed by atoms with Crippen LogP contribution in [0.5, 0.6) is 0 Å². The van der Waals surface area contributed by atoms with Crippen LogP contribution in [-0.4, -0.2) is 16.9 Å². The van der Waals surface area contributed by atoms with Crippen molar-refractivity contribution in [3.05, 3.63) is 46.0 Å². The highest BCUT2D eigenvalue weighted by Crippen LogP contribution is 2.13. The Morgan fingerprint density at radius 3 is 2.89 bits per heavy atom. The van der Waals surface area contributed by atoms with Crippen LogP contribution in [0.25, 0.3) is 10.9 Å². The van der Waals surface area contributed by atoms with Crippen molar-refractivity contribution in [3.63, 3.8) is 0 Å². The summed E-state index contributed by atoms with van der Waals surface area (Å²) < 4.78 is 13.0. The van der Waals surface area contributed by atoms with Crippen molar-refractivity contribution < 1.29 is 9.18 Å². The Labute approximate surface area is 112 Å². The fraction of sp³-hybridized carbons (Fsp3) is 0.167. The topological polar surface area (TPSA) is 88.0 Å². The number of carbonyl (C=O) groups is 1. The average molecular weight is 284 g/mol. The Bertz CT molecular complexity index is 686. The van der Waals surface area contributed by atoms with Crippen molar-refractivity contribution in [1.29, 1.82) is 0 Å². The van der Waals surface area contributed by atoms with Gasteiger partial charge in [-0.2, -0.15) is 0 Å². The van der Waals surface area contributed by atoms with Crippen LogP contribution >= 0.6 is 11.8 Å². The number of nitrogens with one attached hydrogen (secondary N) is 2. The van der Waals surface area contributed by atoms with Gasteiger partial charge in [-0.1, -0.05) is 0 Å². The highest BCUT2D eigenvalue weighted by molar-refractivity contribution is 6.22. The van der Waals surface area contributed by atoms with Crippen molar-refractivity contribution in [3.8, 4) is 0 Å². The molecule has 0 saturated heterocycles. The minimum absolute atomic E-state index is 0.0429. The van der Waals surface area contributed by atoms with Crippen molar-refractivity contribution in [1.82, 2.24) is 9.82 Å². The molecule has 19 heavy (non-hydrogen) atoms.